The molecule has 3 heterocycles. The molecule has 38 heavy (non-hydrogen) atoms. The highest BCUT2D eigenvalue weighted by molar-refractivity contribution is 8.02. The van der Waals surface area contributed by atoms with Crippen LogP contribution in [0.15, 0.2) is 60.7 Å². The summed E-state index contributed by atoms with van der Waals surface area (Å²) in [4.78, 5) is 43.6. The molecule has 2 aromatic carbocycles. The van der Waals surface area contributed by atoms with Gasteiger partial charge in [0.25, 0.3) is 0 Å². The third-order valence-electron chi connectivity index (χ3n) is 8.43. The van der Waals surface area contributed by atoms with Gasteiger partial charge in [0, 0.05) is 17.5 Å². The maximum atomic E-state index is 14.3. The number of carbonyl (C=O) groups is 3. The van der Waals surface area contributed by atoms with Crippen molar-refractivity contribution in [1.29, 1.82) is 0 Å². The second-order valence-electron chi connectivity index (χ2n) is 11.3. The van der Waals surface area contributed by atoms with E-state index in [0.29, 0.717) is 18.7 Å². The molecule has 1 spiro atoms. The number of anilines is 1. The fourth-order valence-electron chi connectivity index (χ4n) is 6.90. The molecule has 0 aliphatic carbocycles. The van der Waals surface area contributed by atoms with E-state index in [1.54, 1.807) is 16.7 Å². The Morgan fingerprint density at radius 1 is 1.08 bits per heavy atom. The number of nitrogens with one attached hydrogen (secondary N) is 2. The Hall–Kier alpha value is -2.84. The summed E-state index contributed by atoms with van der Waals surface area (Å²) in [7, 11) is 0. The normalized spacial score (nSPS) is 30.4. The summed E-state index contributed by atoms with van der Waals surface area (Å²) < 4.78 is -0.717. The van der Waals surface area contributed by atoms with Gasteiger partial charge < -0.3 is 20.6 Å². The van der Waals surface area contributed by atoms with Crippen molar-refractivity contribution in [2.24, 2.45) is 23.7 Å². The van der Waals surface area contributed by atoms with Gasteiger partial charge in [-0.05, 0) is 42.4 Å². The second-order valence-corrected chi connectivity index (χ2v) is 12.9. The molecule has 0 radical (unpaired) electrons. The van der Waals surface area contributed by atoms with Gasteiger partial charge in [-0.25, -0.2) is 0 Å². The first-order valence-electron chi connectivity index (χ1n) is 13.6. The Morgan fingerprint density at radius 3 is 2.37 bits per heavy atom. The van der Waals surface area contributed by atoms with Gasteiger partial charge in [0.2, 0.25) is 17.7 Å². The van der Waals surface area contributed by atoms with E-state index < -0.39 is 28.7 Å². The average Bonchev–Trinajstić information content (AvgIpc) is 3.50. The van der Waals surface area contributed by atoms with Crippen LogP contribution in [0.25, 0.3) is 0 Å². The van der Waals surface area contributed by atoms with Gasteiger partial charge in [0.05, 0.1) is 29.2 Å². The van der Waals surface area contributed by atoms with Crippen LogP contribution < -0.4 is 10.6 Å². The monoisotopic (exact) mass is 535 g/mol. The predicted molar refractivity (Wildman–Crippen MR) is 149 cm³/mol. The number of amides is 3. The van der Waals surface area contributed by atoms with E-state index in [-0.39, 0.29) is 41.4 Å². The Morgan fingerprint density at radius 2 is 1.74 bits per heavy atom. The lowest BCUT2D eigenvalue weighted by Crippen LogP contribution is -2.58. The van der Waals surface area contributed by atoms with Crippen molar-refractivity contribution >= 4 is 35.2 Å². The van der Waals surface area contributed by atoms with Crippen LogP contribution in [0.3, 0.4) is 0 Å². The van der Waals surface area contributed by atoms with E-state index >= 15 is 0 Å². The van der Waals surface area contributed by atoms with E-state index in [1.165, 1.54) is 0 Å². The standard InChI is InChI=1S/C30H37N3O4S/c1-18(2)14-22(17-34)33-26(28(36)31-16-20-10-6-4-7-11-20)30-19(3)15-23(38-30)24(25(30)29(33)37)27(35)32-21-12-8-5-9-13-21/h4-13,18-19,22-26,34H,14-17H2,1-3H3,(H,31,36)(H,32,35)/t19?,22-,23-,24+,25+,26?,30?/m1/s1. The first-order valence-corrected chi connectivity index (χ1v) is 14.4. The Kier molecular flexibility index (Phi) is 7.56. The van der Waals surface area contributed by atoms with Gasteiger partial charge in [0.1, 0.15) is 6.04 Å². The topological polar surface area (TPSA) is 98.7 Å². The number of hydrogen-bond donors (Lipinski definition) is 3. The van der Waals surface area contributed by atoms with Crippen LogP contribution in [0.5, 0.6) is 0 Å². The molecule has 3 fully saturated rings. The Bertz CT molecular complexity index is 1180. The van der Waals surface area contributed by atoms with Crippen molar-refractivity contribution in [3.63, 3.8) is 0 Å². The molecule has 2 aromatic rings. The molecule has 0 aromatic heterocycles. The lowest BCUT2D eigenvalue weighted by molar-refractivity contribution is -0.142. The number of aliphatic hydroxyl groups excluding tert-OH is 1. The smallest absolute Gasteiger partial charge is 0.244 e. The molecule has 5 rings (SSSR count). The molecule has 3 saturated heterocycles. The lowest BCUT2D eigenvalue weighted by atomic mass is 9.66. The van der Waals surface area contributed by atoms with Crippen molar-refractivity contribution in [3.05, 3.63) is 66.2 Å². The zero-order valence-electron chi connectivity index (χ0n) is 22.2. The molecule has 7 nitrogen and oxygen atoms in total. The molecule has 202 valence electrons. The Balaban J connectivity index is 1.50. The second kappa shape index (κ2) is 10.7. The maximum absolute atomic E-state index is 14.3. The number of thioether (sulfide) groups is 1. The minimum Gasteiger partial charge on any atom is -0.394 e. The van der Waals surface area contributed by atoms with E-state index in [4.69, 9.17) is 0 Å². The molecule has 3 unspecified atom stereocenters. The number of nitrogens with zero attached hydrogens (tertiary/aromatic N) is 1. The van der Waals surface area contributed by atoms with E-state index in [2.05, 4.69) is 17.6 Å². The van der Waals surface area contributed by atoms with Gasteiger partial charge in [-0.15, -0.1) is 11.8 Å². The predicted octanol–water partition coefficient (Wildman–Crippen LogP) is 3.69. The number of fused-ring (bicyclic) bond motifs is 1. The van der Waals surface area contributed by atoms with Crippen LogP contribution in [0.4, 0.5) is 5.69 Å². The summed E-state index contributed by atoms with van der Waals surface area (Å²) in [5, 5.41) is 16.5. The largest absolute Gasteiger partial charge is 0.394 e. The molecule has 2 bridgehead atoms. The summed E-state index contributed by atoms with van der Waals surface area (Å²) in [5.74, 6) is -1.41. The van der Waals surface area contributed by atoms with E-state index in [1.807, 2.05) is 74.5 Å². The van der Waals surface area contributed by atoms with Crippen LogP contribution in [-0.4, -0.2) is 56.4 Å². The summed E-state index contributed by atoms with van der Waals surface area (Å²) in [5.41, 5.74) is 1.67. The highest BCUT2D eigenvalue weighted by atomic mass is 32.2. The number of benzene rings is 2. The van der Waals surface area contributed by atoms with Crippen LogP contribution in [0, 0.1) is 23.7 Å². The van der Waals surface area contributed by atoms with Crippen molar-refractivity contribution in [2.45, 2.75) is 62.2 Å². The average molecular weight is 536 g/mol. The van der Waals surface area contributed by atoms with E-state index in [9.17, 15) is 19.5 Å². The van der Waals surface area contributed by atoms with Crippen LogP contribution >= 0.6 is 11.8 Å². The van der Waals surface area contributed by atoms with Gasteiger partial charge in [-0.2, -0.15) is 0 Å². The molecular weight excluding hydrogens is 498 g/mol. The first-order chi connectivity index (χ1) is 18.3. The summed E-state index contributed by atoms with van der Waals surface area (Å²) in [6.45, 7) is 6.33. The molecule has 3 N–H and O–H groups in total. The quantitative estimate of drug-likeness (QED) is 0.455. The molecule has 3 aliphatic heterocycles. The number of carbonyl (C=O) groups excluding carboxylic acids is 3. The minimum absolute atomic E-state index is 0.0353. The fraction of sp³-hybridized carbons (Fsp3) is 0.500. The first kappa shape index (κ1) is 26.8. The van der Waals surface area contributed by atoms with Crippen molar-refractivity contribution in [1.82, 2.24) is 10.2 Å². The zero-order valence-corrected chi connectivity index (χ0v) is 23.0. The maximum Gasteiger partial charge on any atom is 0.244 e. The molecule has 3 aliphatic rings. The van der Waals surface area contributed by atoms with Crippen LogP contribution in [0.2, 0.25) is 0 Å². The van der Waals surface area contributed by atoms with E-state index in [0.717, 1.165) is 12.0 Å². The van der Waals surface area contributed by atoms with Crippen molar-refractivity contribution < 1.29 is 19.5 Å². The number of para-hydroxylation sites is 1. The van der Waals surface area contributed by atoms with Crippen LogP contribution in [-0.2, 0) is 20.9 Å². The minimum atomic E-state index is -0.751. The summed E-state index contributed by atoms with van der Waals surface area (Å²) in [6, 6.07) is 17.8. The molecule has 0 saturated carbocycles. The highest BCUT2D eigenvalue weighted by Gasteiger charge is 2.76. The fourth-order valence-corrected chi connectivity index (χ4v) is 9.31. The van der Waals surface area contributed by atoms with Crippen molar-refractivity contribution in [2.75, 3.05) is 11.9 Å². The molecular formula is C30H37N3O4S. The number of rotatable bonds is 9. The summed E-state index contributed by atoms with van der Waals surface area (Å²) >= 11 is 1.65. The SMILES string of the molecule is CC(C)C[C@H](CO)N1C(=O)[C@@H]2[C@@H](C(=O)Nc3ccccc3)[C@H]3CC(C)C2(S3)C1C(=O)NCc1ccccc1. The van der Waals surface area contributed by atoms with Gasteiger partial charge in [-0.3, -0.25) is 14.4 Å². The van der Waals surface area contributed by atoms with Crippen molar-refractivity contribution in [3.8, 4) is 0 Å². The number of aliphatic hydroxyl groups is 1. The highest BCUT2D eigenvalue weighted by Crippen LogP contribution is 2.69. The lowest BCUT2D eigenvalue weighted by Gasteiger charge is -2.40. The number of likely N-dealkylation sites (tertiary alicyclic amines) is 1. The van der Waals surface area contributed by atoms with Gasteiger partial charge in [-0.1, -0.05) is 69.3 Å². The Labute approximate surface area is 228 Å². The molecule has 8 heteroatoms. The van der Waals surface area contributed by atoms with Gasteiger partial charge in [0.15, 0.2) is 0 Å². The molecule has 3 amide bonds. The van der Waals surface area contributed by atoms with Gasteiger partial charge >= 0.3 is 0 Å². The zero-order chi connectivity index (χ0) is 27.0. The van der Waals surface area contributed by atoms with Crippen LogP contribution in [0.1, 0.15) is 39.2 Å². The number of hydrogen-bond acceptors (Lipinski definition) is 5. The third kappa shape index (κ3) is 4.51. The third-order valence-corrected chi connectivity index (χ3v) is 10.5. The molecule has 7 atom stereocenters. The summed E-state index contributed by atoms with van der Waals surface area (Å²) in [6.07, 6.45) is 1.35.